The zero-order chi connectivity index (χ0) is 25.0. The lowest BCUT2D eigenvalue weighted by molar-refractivity contribution is 0.0785. The van der Waals surface area contributed by atoms with Crippen molar-refractivity contribution in [3.8, 4) is 0 Å². The third kappa shape index (κ3) is 6.53. The van der Waals surface area contributed by atoms with Crippen LogP contribution in [0.1, 0.15) is 44.3 Å². The lowest BCUT2D eigenvalue weighted by Crippen LogP contribution is -2.43. The monoisotopic (exact) mass is 509 g/mol. The van der Waals surface area contributed by atoms with Gasteiger partial charge in [-0.05, 0) is 44.5 Å². The van der Waals surface area contributed by atoms with E-state index >= 15 is 0 Å². The fourth-order valence-electron chi connectivity index (χ4n) is 3.69. The van der Waals surface area contributed by atoms with Gasteiger partial charge in [0.15, 0.2) is 0 Å². The summed E-state index contributed by atoms with van der Waals surface area (Å²) < 4.78 is 25.2. The van der Waals surface area contributed by atoms with E-state index in [0.717, 1.165) is 40.6 Å². The first-order chi connectivity index (χ1) is 16.0. The topological polar surface area (TPSA) is 132 Å². The Morgan fingerprint density at radius 3 is 2.59 bits per heavy atom. The first-order valence-electron chi connectivity index (χ1n) is 10.9. The van der Waals surface area contributed by atoms with Crippen LogP contribution in [0.4, 0.5) is 5.69 Å². The minimum Gasteiger partial charge on any atom is -0.390 e. The number of anilines is 1. The average molecular weight is 510 g/mol. The number of rotatable bonds is 9. The number of hydrogen-bond acceptors (Lipinski definition) is 8. The summed E-state index contributed by atoms with van der Waals surface area (Å²) in [6.45, 7) is 3.02. The highest BCUT2D eigenvalue weighted by Crippen LogP contribution is 2.22. The second-order valence-corrected chi connectivity index (χ2v) is 11.5. The summed E-state index contributed by atoms with van der Waals surface area (Å²) in [6, 6.07) is 4.21. The van der Waals surface area contributed by atoms with E-state index in [4.69, 9.17) is 0 Å². The Morgan fingerprint density at radius 1 is 1.29 bits per heavy atom. The minimum atomic E-state index is -3.62. The number of carbonyl (C=O) groups excluding carboxylic acids is 2. The maximum absolute atomic E-state index is 13.2. The Balaban J connectivity index is 1.83. The highest BCUT2D eigenvalue weighted by Gasteiger charge is 2.24. The molecule has 0 bridgehead atoms. The second-order valence-electron chi connectivity index (χ2n) is 8.52. The van der Waals surface area contributed by atoms with Gasteiger partial charge in [-0.25, -0.2) is 13.4 Å². The van der Waals surface area contributed by atoms with Crippen molar-refractivity contribution in [3.63, 3.8) is 0 Å². The molecule has 1 saturated heterocycles. The van der Waals surface area contributed by atoms with Crippen molar-refractivity contribution >= 4 is 38.9 Å². The molecule has 2 unspecified atom stereocenters. The van der Waals surface area contributed by atoms with Gasteiger partial charge < -0.3 is 20.6 Å². The molecule has 0 radical (unpaired) electrons. The van der Waals surface area contributed by atoms with Crippen molar-refractivity contribution < 1.29 is 23.1 Å². The van der Waals surface area contributed by atoms with E-state index in [1.807, 2.05) is 12.3 Å². The molecule has 34 heavy (non-hydrogen) atoms. The molecule has 0 saturated carbocycles. The summed E-state index contributed by atoms with van der Waals surface area (Å²) >= 11 is 1.44. The zero-order valence-corrected chi connectivity index (χ0v) is 21.4. The minimum absolute atomic E-state index is 0.0369. The molecule has 1 aromatic carbocycles. The summed E-state index contributed by atoms with van der Waals surface area (Å²) in [6.07, 6.45) is 2.09. The molecule has 3 rings (SSSR count). The fourth-order valence-corrected chi connectivity index (χ4v) is 5.00. The van der Waals surface area contributed by atoms with Crippen molar-refractivity contribution in [2.24, 2.45) is 0 Å². The molecule has 10 nitrogen and oxygen atoms in total. The summed E-state index contributed by atoms with van der Waals surface area (Å²) in [4.78, 5) is 31.9. The third-order valence-electron chi connectivity index (χ3n) is 5.71. The molecule has 2 atom stereocenters. The van der Waals surface area contributed by atoms with Crippen molar-refractivity contribution in [2.75, 3.05) is 37.7 Å². The van der Waals surface area contributed by atoms with Gasteiger partial charge in [-0.2, -0.15) is 0 Å². The van der Waals surface area contributed by atoms with Gasteiger partial charge in [-0.15, -0.1) is 11.3 Å². The Bertz CT molecular complexity index is 1140. The van der Waals surface area contributed by atoms with Crippen LogP contribution in [0.15, 0.2) is 23.6 Å². The molecule has 2 aromatic rings. The Labute approximate surface area is 204 Å². The van der Waals surface area contributed by atoms with Crippen LogP contribution in [-0.2, 0) is 16.6 Å². The van der Waals surface area contributed by atoms with Crippen molar-refractivity contribution in [3.05, 3.63) is 45.4 Å². The highest BCUT2D eigenvalue weighted by molar-refractivity contribution is 7.92. The largest absolute Gasteiger partial charge is 0.390 e. The molecule has 12 heteroatoms. The average Bonchev–Trinajstić information content (AvgIpc) is 3.47. The molecule has 3 N–H and O–H groups in total. The lowest BCUT2D eigenvalue weighted by Gasteiger charge is -2.21. The van der Waals surface area contributed by atoms with Gasteiger partial charge in [0.05, 0.1) is 24.6 Å². The number of hydrogen-bond donors (Lipinski definition) is 3. The van der Waals surface area contributed by atoms with E-state index in [1.54, 1.807) is 7.05 Å². The molecular weight excluding hydrogens is 478 g/mol. The van der Waals surface area contributed by atoms with Crippen LogP contribution in [0.25, 0.3) is 0 Å². The normalized spacial score (nSPS) is 16.8. The quantitative estimate of drug-likeness (QED) is 0.459. The number of aliphatic hydroxyl groups is 1. The van der Waals surface area contributed by atoms with Gasteiger partial charge in [-0.1, -0.05) is 0 Å². The SMILES string of the molecule is Cc1csc(CN(C)C(=O)c2cc(C(=O)NCC(O)C3CCCN3)cc(N(C)S(C)(=O)=O)c2)n1. The van der Waals surface area contributed by atoms with Crippen LogP contribution in [0.2, 0.25) is 0 Å². The standard InChI is InChI=1S/C22H31N5O5S2/c1-14-13-33-20(25-14)12-26(2)22(30)16-8-15(9-17(10-16)27(3)34(4,31)32)21(29)24-11-19(28)18-6-5-7-23-18/h8-10,13,18-19,23,28H,5-7,11-12H2,1-4H3,(H,24,29). The van der Waals surface area contributed by atoms with E-state index in [0.29, 0.717) is 0 Å². The summed E-state index contributed by atoms with van der Waals surface area (Å²) in [7, 11) is -0.642. The van der Waals surface area contributed by atoms with Crippen LogP contribution in [-0.4, -0.2) is 80.8 Å². The van der Waals surface area contributed by atoms with E-state index in [1.165, 1.54) is 41.5 Å². The van der Waals surface area contributed by atoms with Crippen molar-refractivity contribution in [1.29, 1.82) is 0 Å². The van der Waals surface area contributed by atoms with Gasteiger partial charge in [0.1, 0.15) is 5.01 Å². The summed E-state index contributed by atoms with van der Waals surface area (Å²) in [5.74, 6) is -0.881. The summed E-state index contributed by atoms with van der Waals surface area (Å²) in [5, 5.41) is 18.9. The fraction of sp³-hybridized carbons (Fsp3) is 0.500. The number of benzene rings is 1. The molecule has 1 aliphatic rings. The summed E-state index contributed by atoms with van der Waals surface area (Å²) in [5.41, 5.74) is 1.36. The van der Waals surface area contributed by atoms with E-state index in [-0.39, 0.29) is 41.9 Å². The van der Waals surface area contributed by atoms with Crippen LogP contribution in [0.3, 0.4) is 0 Å². The second kappa shape index (κ2) is 10.8. The van der Waals surface area contributed by atoms with E-state index in [2.05, 4.69) is 15.6 Å². The molecule has 1 fully saturated rings. The maximum atomic E-state index is 13.2. The Morgan fingerprint density at radius 2 is 2.00 bits per heavy atom. The molecule has 2 heterocycles. The van der Waals surface area contributed by atoms with Crippen molar-refractivity contribution in [2.45, 2.75) is 38.5 Å². The molecule has 186 valence electrons. The van der Waals surface area contributed by atoms with Crippen molar-refractivity contribution in [1.82, 2.24) is 20.5 Å². The van der Waals surface area contributed by atoms with Gasteiger partial charge >= 0.3 is 0 Å². The number of sulfonamides is 1. The van der Waals surface area contributed by atoms with Crippen LogP contribution in [0, 0.1) is 6.92 Å². The predicted octanol–water partition coefficient (Wildman–Crippen LogP) is 0.962. The van der Waals surface area contributed by atoms with Gasteiger partial charge in [0.2, 0.25) is 10.0 Å². The number of amides is 2. The Kier molecular flexibility index (Phi) is 8.29. The van der Waals surface area contributed by atoms with Gasteiger partial charge in [0.25, 0.3) is 11.8 Å². The molecule has 2 amide bonds. The van der Waals surface area contributed by atoms with Crippen LogP contribution < -0.4 is 14.9 Å². The molecular formula is C22H31N5O5S2. The number of carbonyl (C=O) groups is 2. The lowest BCUT2D eigenvalue weighted by atomic mass is 10.1. The number of aryl methyl sites for hydroxylation is 1. The smallest absolute Gasteiger partial charge is 0.254 e. The maximum Gasteiger partial charge on any atom is 0.254 e. The first kappa shape index (κ1) is 26.1. The van der Waals surface area contributed by atoms with Gasteiger partial charge in [0, 0.05) is 48.9 Å². The number of nitrogens with zero attached hydrogens (tertiary/aromatic N) is 3. The molecule has 0 spiro atoms. The zero-order valence-electron chi connectivity index (χ0n) is 19.7. The predicted molar refractivity (Wildman–Crippen MR) is 132 cm³/mol. The number of nitrogens with one attached hydrogen (secondary N) is 2. The third-order valence-corrected chi connectivity index (χ3v) is 7.87. The first-order valence-corrected chi connectivity index (χ1v) is 13.6. The molecule has 0 aliphatic carbocycles. The molecule has 1 aliphatic heterocycles. The number of aliphatic hydroxyl groups excluding tert-OH is 1. The van der Waals surface area contributed by atoms with E-state index in [9.17, 15) is 23.1 Å². The number of thiazole rings is 1. The number of aromatic nitrogens is 1. The van der Waals surface area contributed by atoms with E-state index < -0.39 is 22.0 Å². The molecule has 1 aromatic heterocycles. The van der Waals surface area contributed by atoms with Crippen LogP contribution >= 0.6 is 11.3 Å². The highest BCUT2D eigenvalue weighted by atomic mass is 32.2. The van der Waals surface area contributed by atoms with Gasteiger partial charge in [-0.3, -0.25) is 13.9 Å². The Hall–Kier alpha value is -2.54. The van der Waals surface area contributed by atoms with Crippen LogP contribution in [0.5, 0.6) is 0 Å².